The molecule has 0 aromatic carbocycles. The Kier molecular flexibility index (Phi) is 4.42. The molecule has 1 heterocycles. The van der Waals surface area contributed by atoms with Crippen LogP contribution >= 0.6 is 0 Å². The van der Waals surface area contributed by atoms with Gasteiger partial charge in [-0.25, -0.2) is 0 Å². The number of carbonyl (C=O) groups is 1. The zero-order chi connectivity index (χ0) is 12.1. The van der Waals surface area contributed by atoms with Gasteiger partial charge in [-0.1, -0.05) is 6.07 Å². The van der Waals surface area contributed by atoms with Crippen molar-refractivity contribution in [2.45, 2.75) is 12.2 Å². The minimum absolute atomic E-state index is 0.112. The molecule has 0 aliphatic heterocycles. The zero-order valence-electron chi connectivity index (χ0n) is 9.15. The molecule has 2 atom stereocenters. The van der Waals surface area contributed by atoms with Crippen LogP contribution in [0.25, 0.3) is 0 Å². The van der Waals surface area contributed by atoms with Crippen molar-refractivity contribution in [1.29, 1.82) is 0 Å². The first kappa shape index (κ1) is 12.6. The first-order valence-electron chi connectivity index (χ1n) is 4.80. The molecule has 1 aromatic rings. The van der Waals surface area contributed by atoms with Crippen LogP contribution in [0.15, 0.2) is 23.0 Å². The number of carbonyl (C=O) groups excluding carboxylic acids is 1. The largest absolute Gasteiger partial charge is 0.350 e. The Morgan fingerprint density at radius 1 is 1.56 bits per heavy atom. The zero-order valence-corrected chi connectivity index (χ0v) is 9.97. The summed E-state index contributed by atoms with van der Waals surface area (Å²) in [5.41, 5.74) is -0.110. The highest BCUT2D eigenvalue weighted by Crippen LogP contribution is 1.93. The molecular formula is C10H14N2O3S. The van der Waals surface area contributed by atoms with Gasteiger partial charge in [0, 0.05) is 34.9 Å². The Bertz CT molecular complexity index is 455. The molecule has 88 valence electrons. The predicted molar refractivity (Wildman–Crippen MR) is 62.9 cm³/mol. The van der Waals surface area contributed by atoms with Crippen molar-refractivity contribution in [2.24, 2.45) is 0 Å². The maximum atomic E-state index is 11.5. The maximum absolute atomic E-state index is 11.5. The van der Waals surface area contributed by atoms with Gasteiger partial charge in [-0.05, 0) is 13.0 Å². The van der Waals surface area contributed by atoms with Crippen LogP contribution in [-0.4, -0.2) is 33.2 Å². The third-order valence-electron chi connectivity index (χ3n) is 2.13. The van der Waals surface area contributed by atoms with Crippen LogP contribution < -0.4 is 10.9 Å². The Morgan fingerprint density at radius 2 is 2.25 bits per heavy atom. The lowest BCUT2D eigenvalue weighted by molar-refractivity contribution is 0.0949. The molecule has 16 heavy (non-hydrogen) atoms. The van der Waals surface area contributed by atoms with E-state index in [1.807, 2.05) is 0 Å². The lowest BCUT2D eigenvalue weighted by Crippen LogP contribution is -2.33. The van der Waals surface area contributed by atoms with Crippen LogP contribution in [0.5, 0.6) is 0 Å². The lowest BCUT2D eigenvalue weighted by atomic mass is 10.3. The highest BCUT2D eigenvalue weighted by molar-refractivity contribution is 7.84. The van der Waals surface area contributed by atoms with Crippen LogP contribution in [-0.2, 0) is 10.8 Å². The standard InChI is InChI=1S/C10H14N2O3S/c1-7(16(2)15)6-11-10(14)8-4-3-5-9(13)12-8/h3-5,7H,6H2,1-2H3,(H,11,14)(H,12,13). The average Bonchev–Trinajstić information content (AvgIpc) is 2.25. The third kappa shape index (κ3) is 3.62. The summed E-state index contributed by atoms with van der Waals surface area (Å²) in [4.78, 5) is 24.9. The number of hydrogen-bond acceptors (Lipinski definition) is 3. The fraction of sp³-hybridized carbons (Fsp3) is 0.400. The highest BCUT2D eigenvalue weighted by atomic mass is 32.2. The van der Waals surface area contributed by atoms with Gasteiger partial charge >= 0.3 is 0 Å². The number of amides is 1. The van der Waals surface area contributed by atoms with E-state index in [1.165, 1.54) is 18.2 Å². The van der Waals surface area contributed by atoms with E-state index in [0.29, 0.717) is 6.54 Å². The summed E-state index contributed by atoms with van der Waals surface area (Å²) >= 11 is 0. The van der Waals surface area contributed by atoms with Crippen LogP contribution in [0.1, 0.15) is 17.4 Å². The average molecular weight is 242 g/mol. The number of rotatable bonds is 4. The minimum atomic E-state index is -0.974. The van der Waals surface area contributed by atoms with Crippen LogP contribution in [0.4, 0.5) is 0 Å². The molecular weight excluding hydrogens is 228 g/mol. The normalized spacial score (nSPS) is 14.1. The quantitative estimate of drug-likeness (QED) is 0.772. The van der Waals surface area contributed by atoms with E-state index in [0.717, 1.165) is 0 Å². The van der Waals surface area contributed by atoms with Gasteiger partial charge in [-0.2, -0.15) is 0 Å². The smallest absolute Gasteiger partial charge is 0.267 e. The van der Waals surface area contributed by atoms with Gasteiger partial charge in [0.2, 0.25) is 5.56 Å². The summed E-state index contributed by atoms with van der Waals surface area (Å²) in [5, 5.41) is 2.49. The van der Waals surface area contributed by atoms with E-state index in [9.17, 15) is 13.8 Å². The number of aromatic nitrogens is 1. The first-order valence-corrected chi connectivity index (χ1v) is 6.42. The molecule has 0 aliphatic carbocycles. The molecule has 0 saturated carbocycles. The van der Waals surface area contributed by atoms with Gasteiger partial charge in [0.1, 0.15) is 5.69 Å². The van der Waals surface area contributed by atoms with E-state index < -0.39 is 10.8 Å². The summed E-state index contributed by atoms with van der Waals surface area (Å²) in [5.74, 6) is -0.366. The molecule has 6 heteroatoms. The Labute approximate surface area is 95.7 Å². The number of H-pyrrole nitrogens is 1. The highest BCUT2D eigenvalue weighted by Gasteiger charge is 2.10. The van der Waals surface area contributed by atoms with E-state index in [1.54, 1.807) is 13.2 Å². The van der Waals surface area contributed by atoms with Gasteiger partial charge < -0.3 is 10.3 Å². The second-order valence-electron chi connectivity index (χ2n) is 3.45. The van der Waals surface area contributed by atoms with Gasteiger partial charge in [0.05, 0.1) is 0 Å². The van der Waals surface area contributed by atoms with E-state index >= 15 is 0 Å². The van der Waals surface area contributed by atoms with E-state index in [-0.39, 0.29) is 22.4 Å². The summed E-state index contributed by atoms with van der Waals surface area (Å²) in [6.45, 7) is 2.10. The monoisotopic (exact) mass is 242 g/mol. The number of nitrogens with one attached hydrogen (secondary N) is 2. The maximum Gasteiger partial charge on any atom is 0.267 e. The molecule has 5 nitrogen and oxygen atoms in total. The molecule has 2 unspecified atom stereocenters. The van der Waals surface area contributed by atoms with Crippen molar-refractivity contribution in [3.8, 4) is 0 Å². The molecule has 0 aliphatic rings. The molecule has 2 N–H and O–H groups in total. The topological polar surface area (TPSA) is 79.0 Å². The van der Waals surface area contributed by atoms with Gasteiger partial charge in [-0.15, -0.1) is 0 Å². The molecule has 0 saturated heterocycles. The molecule has 0 spiro atoms. The fourth-order valence-corrected chi connectivity index (χ4v) is 1.35. The van der Waals surface area contributed by atoms with Crippen molar-refractivity contribution in [2.75, 3.05) is 12.8 Å². The van der Waals surface area contributed by atoms with Crippen molar-refractivity contribution >= 4 is 16.7 Å². The molecule has 0 fully saturated rings. The Morgan fingerprint density at radius 3 is 2.81 bits per heavy atom. The Hall–Kier alpha value is -1.43. The van der Waals surface area contributed by atoms with Crippen molar-refractivity contribution in [3.63, 3.8) is 0 Å². The minimum Gasteiger partial charge on any atom is -0.350 e. The van der Waals surface area contributed by atoms with Gasteiger partial charge in [0.25, 0.3) is 5.91 Å². The predicted octanol–water partition coefficient (Wildman–Crippen LogP) is -0.128. The summed E-state index contributed by atoms with van der Waals surface area (Å²) in [7, 11) is -0.974. The number of hydrogen-bond donors (Lipinski definition) is 2. The van der Waals surface area contributed by atoms with Crippen molar-refractivity contribution in [3.05, 3.63) is 34.2 Å². The number of pyridine rings is 1. The lowest BCUT2D eigenvalue weighted by Gasteiger charge is -2.09. The second kappa shape index (κ2) is 5.60. The molecule has 0 bridgehead atoms. The molecule has 1 amide bonds. The molecule has 0 radical (unpaired) electrons. The first-order chi connectivity index (χ1) is 7.50. The van der Waals surface area contributed by atoms with Gasteiger partial charge in [-0.3, -0.25) is 13.8 Å². The Balaban J connectivity index is 2.60. The van der Waals surface area contributed by atoms with Crippen LogP contribution in [0, 0.1) is 0 Å². The van der Waals surface area contributed by atoms with Crippen molar-refractivity contribution in [1.82, 2.24) is 10.3 Å². The summed E-state index contributed by atoms with van der Waals surface area (Å²) in [6, 6.07) is 4.36. The van der Waals surface area contributed by atoms with Crippen LogP contribution in [0.3, 0.4) is 0 Å². The molecule has 1 aromatic heterocycles. The molecule has 1 rings (SSSR count). The number of aromatic amines is 1. The fourth-order valence-electron chi connectivity index (χ4n) is 1.03. The summed E-state index contributed by atoms with van der Waals surface area (Å²) in [6.07, 6.45) is 1.58. The van der Waals surface area contributed by atoms with E-state index in [4.69, 9.17) is 0 Å². The van der Waals surface area contributed by atoms with E-state index in [2.05, 4.69) is 10.3 Å². The SMILES string of the molecule is CC(CNC(=O)c1cccc(=O)[nH]1)S(C)=O. The second-order valence-corrected chi connectivity index (χ2v) is 5.25. The van der Waals surface area contributed by atoms with Crippen molar-refractivity contribution < 1.29 is 9.00 Å². The third-order valence-corrected chi connectivity index (χ3v) is 3.43. The summed E-state index contributed by atoms with van der Waals surface area (Å²) < 4.78 is 11.0. The van der Waals surface area contributed by atoms with Crippen LogP contribution in [0.2, 0.25) is 0 Å². The van der Waals surface area contributed by atoms with Gasteiger partial charge in [0.15, 0.2) is 0 Å².